The molecule has 0 atom stereocenters. The molecule has 0 unspecified atom stereocenters. The Morgan fingerprint density at radius 1 is 1.57 bits per heavy atom. The van der Waals surface area contributed by atoms with Gasteiger partial charge < -0.3 is 9.47 Å². The Hall–Kier alpha value is -1.10. The fourth-order valence-corrected chi connectivity index (χ4v) is 1.13. The van der Waals surface area contributed by atoms with E-state index in [-0.39, 0.29) is 12.4 Å². The summed E-state index contributed by atoms with van der Waals surface area (Å²) in [6.07, 6.45) is 0. The van der Waals surface area contributed by atoms with Gasteiger partial charge >= 0.3 is 5.97 Å². The second-order valence-corrected chi connectivity index (χ2v) is 3.30. The van der Waals surface area contributed by atoms with Crippen molar-refractivity contribution in [1.82, 2.24) is 0 Å². The molecular formula is C9H8BrFO3. The van der Waals surface area contributed by atoms with Gasteiger partial charge in [0.2, 0.25) is 0 Å². The highest BCUT2D eigenvalue weighted by Crippen LogP contribution is 2.21. The van der Waals surface area contributed by atoms with Gasteiger partial charge in [-0.05, 0) is 34.1 Å². The van der Waals surface area contributed by atoms with Crippen molar-refractivity contribution < 1.29 is 18.7 Å². The SMILES string of the molecule is COC(=O)COc1ccc(F)c(Br)c1. The Balaban J connectivity index is 2.60. The molecule has 0 N–H and O–H groups in total. The summed E-state index contributed by atoms with van der Waals surface area (Å²) in [5, 5.41) is 0. The number of methoxy groups -OCH3 is 1. The average molecular weight is 263 g/mol. The van der Waals surface area contributed by atoms with Crippen molar-refractivity contribution in [2.75, 3.05) is 13.7 Å². The van der Waals surface area contributed by atoms with E-state index in [1.807, 2.05) is 0 Å². The lowest BCUT2D eigenvalue weighted by atomic mass is 10.3. The van der Waals surface area contributed by atoms with Crippen LogP contribution in [0.5, 0.6) is 5.75 Å². The zero-order chi connectivity index (χ0) is 10.6. The number of esters is 1. The number of carbonyl (C=O) groups excluding carboxylic acids is 1. The molecule has 0 amide bonds. The van der Waals surface area contributed by atoms with Gasteiger partial charge in [-0.2, -0.15) is 0 Å². The quantitative estimate of drug-likeness (QED) is 0.784. The molecule has 1 aromatic carbocycles. The topological polar surface area (TPSA) is 35.5 Å². The second kappa shape index (κ2) is 4.95. The van der Waals surface area contributed by atoms with E-state index in [0.717, 1.165) is 0 Å². The van der Waals surface area contributed by atoms with Crippen LogP contribution in [0.3, 0.4) is 0 Å². The molecule has 76 valence electrons. The molecule has 0 aromatic heterocycles. The first-order chi connectivity index (χ1) is 6.63. The molecule has 1 rings (SSSR count). The second-order valence-electron chi connectivity index (χ2n) is 2.44. The standard InChI is InChI=1S/C9H8BrFO3/c1-13-9(12)5-14-6-2-3-8(11)7(10)4-6/h2-4H,5H2,1H3. The van der Waals surface area contributed by atoms with E-state index in [9.17, 15) is 9.18 Å². The van der Waals surface area contributed by atoms with Crippen LogP contribution in [-0.2, 0) is 9.53 Å². The Kier molecular flexibility index (Phi) is 3.88. The summed E-state index contributed by atoms with van der Waals surface area (Å²) in [7, 11) is 1.27. The van der Waals surface area contributed by atoms with Crippen LogP contribution in [0, 0.1) is 5.82 Å². The van der Waals surface area contributed by atoms with Gasteiger partial charge in [0.25, 0.3) is 0 Å². The summed E-state index contributed by atoms with van der Waals surface area (Å²) < 4.78 is 22.5. The first-order valence-electron chi connectivity index (χ1n) is 3.78. The predicted octanol–water partition coefficient (Wildman–Crippen LogP) is 2.14. The summed E-state index contributed by atoms with van der Waals surface area (Å²) in [5.74, 6) is -0.454. The summed E-state index contributed by atoms with van der Waals surface area (Å²) >= 11 is 3.00. The number of ether oxygens (including phenoxy) is 2. The van der Waals surface area contributed by atoms with Crippen LogP contribution in [0.25, 0.3) is 0 Å². The smallest absolute Gasteiger partial charge is 0.343 e. The Morgan fingerprint density at radius 3 is 2.86 bits per heavy atom. The zero-order valence-corrected chi connectivity index (χ0v) is 9.01. The van der Waals surface area contributed by atoms with Gasteiger partial charge in [0.15, 0.2) is 6.61 Å². The molecule has 14 heavy (non-hydrogen) atoms. The fraction of sp³-hybridized carbons (Fsp3) is 0.222. The van der Waals surface area contributed by atoms with Gasteiger partial charge in [-0.3, -0.25) is 0 Å². The van der Waals surface area contributed by atoms with E-state index in [1.165, 1.54) is 25.3 Å². The summed E-state index contributed by atoms with van der Waals surface area (Å²) in [5.41, 5.74) is 0. The molecule has 0 heterocycles. The van der Waals surface area contributed by atoms with Crippen molar-refractivity contribution in [3.05, 3.63) is 28.5 Å². The fourth-order valence-electron chi connectivity index (χ4n) is 0.768. The van der Waals surface area contributed by atoms with E-state index in [1.54, 1.807) is 0 Å². The lowest BCUT2D eigenvalue weighted by molar-refractivity contribution is -0.142. The molecule has 0 bridgehead atoms. The molecule has 3 nitrogen and oxygen atoms in total. The summed E-state index contributed by atoms with van der Waals surface area (Å²) in [6, 6.07) is 4.12. The maximum atomic E-state index is 12.8. The van der Waals surface area contributed by atoms with Gasteiger partial charge in [-0.15, -0.1) is 0 Å². The molecule has 0 aliphatic rings. The number of halogens is 2. The molecule has 1 aromatic rings. The van der Waals surface area contributed by atoms with Gasteiger partial charge in [0.1, 0.15) is 11.6 Å². The first-order valence-corrected chi connectivity index (χ1v) is 4.57. The van der Waals surface area contributed by atoms with Crippen LogP contribution in [0.1, 0.15) is 0 Å². The highest BCUT2D eigenvalue weighted by Gasteiger charge is 2.04. The van der Waals surface area contributed by atoms with Crippen LogP contribution < -0.4 is 4.74 Å². The summed E-state index contributed by atoms with van der Waals surface area (Å²) in [4.78, 5) is 10.7. The average Bonchev–Trinajstić information content (AvgIpc) is 2.19. The van der Waals surface area contributed by atoms with E-state index >= 15 is 0 Å². The normalized spacial score (nSPS) is 9.64. The minimum absolute atomic E-state index is 0.186. The molecular weight excluding hydrogens is 255 g/mol. The van der Waals surface area contributed by atoms with Crippen molar-refractivity contribution >= 4 is 21.9 Å². The third-order valence-corrected chi connectivity index (χ3v) is 2.08. The third kappa shape index (κ3) is 2.99. The molecule has 0 spiro atoms. The van der Waals surface area contributed by atoms with Gasteiger partial charge in [0, 0.05) is 0 Å². The number of rotatable bonds is 3. The van der Waals surface area contributed by atoms with Crippen LogP contribution >= 0.6 is 15.9 Å². The van der Waals surface area contributed by atoms with Crippen molar-refractivity contribution in [3.63, 3.8) is 0 Å². The van der Waals surface area contributed by atoms with E-state index in [0.29, 0.717) is 10.2 Å². The molecule has 0 radical (unpaired) electrons. The third-order valence-electron chi connectivity index (χ3n) is 1.48. The van der Waals surface area contributed by atoms with Crippen molar-refractivity contribution in [1.29, 1.82) is 0 Å². The van der Waals surface area contributed by atoms with E-state index in [2.05, 4.69) is 20.7 Å². The predicted molar refractivity (Wildman–Crippen MR) is 51.6 cm³/mol. The largest absolute Gasteiger partial charge is 0.482 e. The lowest BCUT2D eigenvalue weighted by Gasteiger charge is -2.04. The van der Waals surface area contributed by atoms with Gasteiger partial charge in [-0.1, -0.05) is 0 Å². The van der Waals surface area contributed by atoms with Crippen molar-refractivity contribution in [2.45, 2.75) is 0 Å². The molecule has 0 saturated carbocycles. The van der Waals surface area contributed by atoms with Crippen molar-refractivity contribution in [2.24, 2.45) is 0 Å². The van der Waals surface area contributed by atoms with E-state index < -0.39 is 5.97 Å². The van der Waals surface area contributed by atoms with Crippen LogP contribution in [0.15, 0.2) is 22.7 Å². The molecule has 0 saturated heterocycles. The van der Waals surface area contributed by atoms with Gasteiger partial charge in [0.05, 0.1) is 11.6 Å². The van der Waals surface area contributed by atoms with Crippen LogP contribution in [-0.4, -0.2) is 19.7 Å². The Labute approximate surface area is 88.9 Å². The van der Waals surface area contributed by atoms with Crippen LogP contribution in [0.4, 0.5) is 4.39 Å². The number of hydrogen-bond acceptors (Lipinski definition) is 3. The number of carbonyl (C=O) groups is 1. The zero-order valence-electron chi connectivity index (χ0n) is 7.42. The van der Waals surface area contributed by atoms with Crippen molar-refractivity contribution in [3.8, 4) is 5.75 Å². The Bertz CT molecular complexity index is 341. The molecule has 0 aliphatic carbocycles. The monoisotopic (exact) mass is 262 g/mol. The lowest BCUT2D eigenvalue weighted by Crippen LogP contribution is -2.12. The maximum Gasteiger partial charge on any atom is 0.343 e. The first kappa shape index (κ1) is 11.0. The minimum atomic E-state index is -0.481. The maximum absolute atomic E-state index is 12.8. The molecule has 5 heteroatoms. The highest BCUT2D eigenvalue weighted by atomic mass is 79.9. The van der Waals surface area contributed by atoms with E-state index in [4.69, 9.17) is 4.74 Å². The highest BCUT2D eigenvalue weighted by molar-refractivity contribution is 9.10. The van der Waals surface area contributed by atoms with Gasteiger partial charge in [-0.25, -0.2) is 9.18 Å². The molecule has 0 fully saturated rings. The molecule has 0 aliphatic heterocycles. The Morgan fingerprint density at radius 2 is 2.29 bits per heavy atom. The summed E-state index contributed by atoms with van der Waals surface area (Å²) in [6.45, 7) is -0.186. The van der Waals surface area contributed by atoms with Crippen LogP contribution in [0.2, 0.25) is 0 Å². The number of hydrogen-bond donors (Lipinski definition) is 0. The minimum Gasteiger partial charge on any atom is -0.482 e. The number of benzene rings is 1.